The molecule has 0 atom stereocenters. The first-order valence-corrected chi connectivity index (χ1v) is 8.59. The Morgan fingerprint density at radius 2 is 2.00 bits per heavy atom. The smallest absolute Gasteiger partial charge is 0.263 e. The summed E-state index contributed by atoms with van der Waals surface area (Å²) in [6.07, 6.45) is 3.38. The fourth-order valence-electron chi connectivity index (χ4n) is 3.26. The summed E-state index contributed by atoms with van der Waals surface area (Å²) in [5.41, 5.74) is 0.144. The molecule has 8 heteroatoms. The number of nitrogens with one attached hydrogen (secondary N) is 2. The second-order valence-corrected chi connectivity index (χ2v) is 6.34. The third-order valence-corrected chi connectivity index (χ3v) is 4.69. The zero-order valence-corrected chi connectivity index (χ0v) is 16.1. The Bertz CT molecular complexity index is 879. The lowest BCUT2D eigenvalue weighted by atomic mass is 10.0. The maximum absolute atomic E-state index is 14.1. The van der Waals surface area contributed by atoms with Gasteiger partial charge in [-0.15, -0.1) is 12.4 Å². The Hall–Kier alpha value is -2.38. The molecular weight excluding hydrogens is 373 g/mol. The second-order valence-electron chi connectivity index (χ2n) is 6.34. The van der Waals surface area contributed by atoms with Crippen LogP contribution in [0.25, 0.3) is 0 Å². The van der Waals surface area contributed by atoms with Crippen LogP contribution in [0.3, 0.4) is 0 Å². The van der Waals surface area contributed by atoms with Gasteiger partial charge in [-0.3, -0.25) is 9.59 Å². The molecule has 0 bridgehead atoms. The summed E-state index contributed by atoms with van der Waals surface area (Å²) in [5.74, 6) is -1.06. The number of amides is 1. The SMILES string of the molecule is COc1cccc(F)c1NC(=O)c1c(C)ccn(C2CCNCC2)c1=O.Cl. The fourth-order valence-corrected chi connectivity index (χ4v) is 3.26. The molecule has 0 aliphatic carbocycles. The van der Waals surface area contributed by atoms with Crippen LogP contribution in [0.5, 0.6) is 5.75 Å². The molecule has 2 N–H and O–H groups in total. The monoisotopic (exact) mass is 395 g/mol. The third kappa shape index (κ3) is 4.31. The highest BCUT2D eigenvalue weighted by Gasteiger charge is 2.22. The van der Waals surface area contributed by atoms with Gasteiger partial charge in [-0.1, -0.05) is 6.07 Å². The molecular formula is C19H23ClFN3O3. The highest BCUT2D eigenvalue weighted by atomic mass is 35.5. The van der Waals surface area contributed by atoms with E-state index >= 15 is 0 Å². The maximum atomic E-state index is 14.1. The lowest BCUT2D eigenvalue weighted by Gasteiger charge is -2.25. The van der Waals surface area contributed by atoms with Crippen LogP contribution in [0.15, 0.2) is 35.3 Å². The van der Waals surface area contributed by atoms with Gasteiger partial charge in [0.2, 0.25) is 0 Å². The number of para-hydroxylation sites is 1. The van der Waals surface area contributed by atoms with Gasteiger partial charge in [-0.2, -0.15) is 0 Å². The lowest BCUT2D eigenvalue weighted by Crippen LogP contribution is -2.37. The van der Waals surface area contributed by atoms with Crippen molar-refractivity contribution in [1.29, 1.82) is 0 Å². The van der Waals surface area contributed by atoms with Crippen LogP contribution in [0.4, 0.5) is 10.1 Å². The number of ether oxygens (including phenoxy) is 1. The average molecular weight is 396 g/mol. The normalized spacial score (nSPS) is 14.3. The van der Waals surface area contributed by atoms with E-state index in [-0.39, 0.29) is 41.0 Å². The van der Waals surface area contributed by atoms with Gasteiger partial charge in [0.1, 0.15) is 17.0 Å². The number of aryl methyl sites for hydroxylation is 1. The van der Waals surface area contributed by atoms with Crippen LogP contribution in [-0.4, -0.2) is 30.7 Å². The molecule has 2 aromatic rings. The highest BCUT2D eigenvalue weighted by molar-refractivity contribution is 6.05. The Labute approximate surface area is 163 Å². The van der Waals surface area contributed by atoms with E-state index in [0.29, 0.717) is 5.56 Å². The van der Waals surface area contributed by atoms with Crippen LogP contribution in [0, 0.1) is 12.7 Å². The second kappa shape index (κ2) is 9.01. The number of aromatic nitrogens is 1. The van der Waals surface area contributed by atoms with Crippen LogP contribution in [0.2, 0.25) is 0 Å². The van der Waals surface area contributed by atoms with Crippen molar-refractivity contribution in [3.8, 4) is 5.75 Å². The summed E-state index contributed by atoms with van der Waals surface area (Å²) >= 11 is 0. The van der Waals surface area contributed by atoms with E-state index < -0.39 is 11.7 Å². The Morgan fingerprint density at radius 3 is 2.67 bits per heavy atom. The summed E-state index contributed by atoms with van der Waals surface area (Å²) in [4.78, 5) is 25.7. The number of hydrogen-bond acceptors (Lipinski definition) is 4. The first kappa shape index (κ1) is 20.9. The van der Waals surface area contributed by atoms with E-state index in [1.807, 2.05) is 0 Å². The molecule has 1 aromatic carbocycles. The molecule has 0 spiro atoms. The van der Waals surface area contributed by atoms with Crippen molar-refractivity contribution < 1.29 is 13.9 Å². The summed E-state index contributed by atoms with van der Waals surface area (Å²) in [7, 11) is 1.39. The number of rotatable bonds is 4. The number of piperidine rings is 1. The quantitative estimate of drug-likeness (QED) is 0.835. The van der Waals surface area contributed by atoms with E-state index in [1.165, 1.54) is 19.2 Å². The molecule has 27 heavy (non-hydrogen) atoms. The number of hydrogen-bond donors (Lipinski definition) is 2. The van der Waals surface area contributed by atoms with E-state index in [1.54, 1.807) is 29.8 Å². The van der Waals surface area contributed by atoms with Crippen LogP contribution >= 0.6 is 12.4 Å². The van der Waals surface area contributed by atoms with E-state index in [9.17, 15) is 14.0 Å². The topological polar surface area (TPSA) is 72.4 Å². The van der Waals surface area contributed by atoms with E-state index in [2.05, 4.69) is 10.6 Å². The molecule has 1 amide bonds. The van der Waals surface area contributed by atoms with Gasteiger partial charge in [0.25, 0.3) is 11.5 Å². The minimum atomic E-state index is -0.640. The molecule has 0 radical (unpaired) electrons. The predicted molar refractivity (Wildman–Crippen MR) is 105 cm³/mol. The number of carbonyl (C=O) groups excluding carboxylic acids is 1. The number of pyridine rings is 1. The van der Waals surface area contributed by atoms with Crippen molar-refractivity contribution in [2.45, 2.75) is 25.8 Å². The number of nitrogens with zero attached hydrogens (tertiary/aromatic N) is 1. The van der Waals surface area contributed by atoms with Gasteiger partial charge in [0, 0.05) is 12.2 Å². The van der Waals surface area contributed by atoms with Crippen molar-refractivity contribution in [2.75, 3.05) is 25.5 Å². The fraction of sp³-hybridized carbons (Fsp3) is 0.368. The predicted octanol–water partition coefficient (Wildman–Crippen LogP) is 2.90. The molecule has 2 heterocycles. The molecule has 0 saturated carbocycles. The Kier molecular flexibility index (Phi) is 6.98. The van der Waals surface area contributed by atoms with Crippen molar-refractivity contribution in [2.24, 2.45) is 0 Å². The molecule has 146 valence electrons. The van der Waals surface area contributed by atoms with Gasteiger partial charge in [0.05, 0.1) is 7.11 Å². The van der Waals surface area contributed by atoms with E-state index in [4.69, 9.17) is 4.74 Å². The summed E-state index contributed by atoms with van der Waals surface area (Å²) < 4.78 is 20.8. The Morgan fingerprint density at radius 1 is 1.30 bits per heavy atom. The largest absolute Gasteiger partial charge is 0.494 e. The van der Waals surface area contributed by atoms with Crippen molar-refractivity contribution in [1.82, 2.24) is 9.88 Å². The first-order chi connectivity index (χ1) is 12.5. The summed E-state index contributed by atoms with van der Waals surface area (Å²) in [6, 6.07) is 6.06. The summed E-state index contributed by atoms with van der Waals surface area (Å²) in [5, 5.41) is 5.75. The number of halogens is 2. The maximum Gasteiger partial charge on any atom is 0.263 e. The van der Waals surface area contributed by atoms with Crippen molar-refractivity contribution >= 4 is 24.0 Å². The van der Waals surface area contributed by atoms with Crippen molar-refractivity contribution in [3.05, 3.63) is 57.8 Å². The average Bonchev–Trinajstić information content (AvgIpc) is 2.64. The van der Waals surface area contributed by atoms with E-state index in [0.717, 1.165) is 25.9 Å². The Balaban J connectivity index is 0.00000261. The summed E-state index contributed by atoms with van der Waals surface area (Å²) in [6.45, 7) is 3.36. The van der Waals surface area contributed by atoms with Gasteiger partial charge in [0.15, 0.2) is 5.82 Å². The lowest BCUT2D eigenvalue weighted by molar-refractivity contribution is 0.102. The molecule has 6 nitrogen and oxygen atoms in total. The minimum absolute atomic E-state index is 0. The van der Waals surface area contributed by atoms with Gasteiger partial charge in [-0.25, -0.2) is 4.39 Å². The number of anilines is 1. The number of benzene rings is 1. The van der Waals surface area contributed by atoms with Gasteiger partial charge >= 0.3 is 0 Å². The van der Waals surface area contributed by atoms with Crippen LogP contribution < -0.4 is 20.9 Å². The van der Waals surface area contributed by atoms with Gasteiger partial charge < -0.3 is 19.9 Å². The number of carbonyl (C=O) groups is 1. The van der Waals surface area contributed by atoms with Crippen LogP contribution in [-0.2, 0) is 0 Å². The van der Waals surface area contributed by atoms with Crippen molar-refractivity contribution in [3.63, 3.8) is 0 Å². The number of methoxy groups -OCH3 is 1. The molecule has 1 aromatic heterocycles. The highest BCUT2D eigenvalue weighted by Crippen LogP contribution is 2.27. The zero-order chi connectivity index (χ0) is 18.7. The third-order valence-electron chi connectivity index (χ3n) is 4.69. The molecule has 1 saturated heterocycles. The standard InChI is InChI=1S/C19H22FN3O3.ClH/c1-12-8-11-23(13-6-9-21-10-7-13)19(25)16(12)18(24)22-17-14(20)4-3-5-15(17)26-2;/h3-5,8,11,13,21H,6-7,9-10H2,1-2H3,(H,22,24);1H. The van der Waals surface area contributed by atoms with Crippen LogP contribution in [0.1, 0.15) is 34.8 Å². The first-order valence-electron chi connectivity index (χ1n) is 8.59. The molecule has 1 fully saturated rings. The molecule has 1 aliphatic rings. The zero-order valence-electron chi connectivity index (χ0n) is 15.3. The molecule has 1 aliphatic heterocycles. The van der Waals surface area contributed by atoms with Gasteiger partial charge in [-0.05, 0) is 56.6 Å². The molecule has 0 unspecified atom stereocenters. The minimum Gasteiger partial charge on any atom is -0.494 e. The molecule has 3 rings (SSSR count).